The first-order valence-electron chi connectivity index (χ1n) is 13.4. The van der Waals surface area contributed by atoms with Gasteiger partial charge in [0.25, 0.3) is 0 Å². The van der Waals surface area contributed by atoms with Gasteiger partial charge in [-0.3, -0.25) is 0 Å². The summed E-state index contributed by atoms with van der Waals surface area (Å²) in [6.45, 7) is 11.1. The third-order valence-electron chi connectivity index (χ3n) is 6.63. The van der Waals surface area contributed by atoms with E-state index in [-0.39, 0.29) is 0 Å². The lowest BCUT2D eigenvalue weighted by Crippen LogP contribution is -2.24. The van der Waals surface area contributed by atoms with Crippen LogP contribution in [0.5, 0.6) is 5.75 Å². The molecule has 0 aromatic heterocycles. The average Bonchev–Trinajstić information content (AvgIpc) is 2.80. The fourth-order valence-electron chi connectivity index (χ4n) is 4.40. The zero-order valence-electron chi connectivity index (χ0n) is 21.1. The van der Waals surface area contributed by atoms with Gasteiger partial charge in [0.15, 0.2) is 0 Å². The van der Waals surface area contributed by atoms with Crippen molar-refractivity contribution >= 4 is 23.2 Å². The fourth-order valence-corrected chi connectivity index (χ4v) is 4.68. The van der Waals surface area contributed by atoms with Gasteiger partial charge in [0.2, 0.25) is 0 Å². The standard InChI is InChI=1S/C28H49Cl2NO/c1-4-7-8-9-10-11-12-13-14-17-25(18-15-16-22-31(5-2)6-3)21-23-32-26-19-20-27(29)28(30)24-26/h19-20,24-25H,4-18,21-23H2,1-3H3. The van der Waals surface area contributed by atoms with Gasteiger partial charge in [-0.05, 0) is 50.5 Å². The molecular formula is C28H49Cl2NO. The van der Waals surface area contributed by atoms with E-state index in [1.165, 1.54) is 90.0 Å². The maximum Gasteiger partial charge on any atom is 0.120 e. The molecule has 1 aromatic rings. The molecule has 4 heteroatoms. The normalized spacial score (nSPS) is 12.4. The zero-order valence-corrected chi connectivity index (χ0v) is 22.7. The summed E-state index contributed by atoms with van der Waals surface area (Å²) in [5.74, 6) is 1.58. The average molecular weight is 487 g/mol. The Hall–Kier alpha value is -0.440. The number of benzene rings is 1. The van der Waals surface area contributed by atoms with E-state index in [0.717, 1.165) is 37.8 Å². The lowest BCUT2D eigenvalue weighted by Gasteiger charge is -2.20. The lowest BCUT2D eigenvalue weighted by molar-refractivity contribution is 0.252. The highest BCUT2D eigenvalue weighted by Crippen LogP contribution is 2.27. The molecule has 0 aliphatic rings. The van der Waals surface area contributed by atoms with Crippen LogP contribution in [0.4, 0.5) is 0 Å². The molecule has 0 aliphatic heterocycles. The predicted octanol–water partition coefficient (Wildman–Crippen LogP) is 9.81. The second-order valence-corrected chi connectivity index (χ2v) is 10.0. The molecule has 1 unspecified atom stereocenters. The van der Waals surface area contributed by atoms with Crippen molar-refractivity contribution in [3.8, 4) is 5.75 Å². The predicted molar refractivity (Wildman–Crippen MR) is 144 cm³/mol. The third kappa shape index (κ3) is 14.7. The minimum atomic E-state index is 0.562. The largest absolute Gasteiger partial charge is 0.494 e. The van der Waals surface area contributed by atoms with E-state index >= 15 is 0 Å². The quantitative estimate of drug-likeness (QED) is 0.160. The second-order valence-electron chi connectivity index (χ2n) is 9.22. The van der Waals surface area contributed by atoms with Gasteiger partial charge in [0, 0.05) is 6.07 Å². The van der Waals surface area contributed by atoms with Gasteiger partial charge >= 0.3 is 0 Å². The molecule has 0 saturated heterocycles. The number of hydrogen-bond acceptors (Lipinski definition) is 2. The molecule has 0 saturated carbocycles. The molecule has 0 spiro atoms. The van der Waals surface area contributed by atoms with E-state index in [2.05, 4.69) is 25.7 Å². The molecule has 0 heterocycles. The smallest absolute Gasteiger partial charge is 0.120 e. The van der Waals surface area contributed by atoms with Crippen LogP contribution in [0, 0.1) is 5.92 Å². The van der Waals surface area contributed by atoms with Gasteiger partial charge in [-0.25, -0.2) is 0 Å². The molecule has 0 amide bonds. The Morgan fingerprint density at radius 3 is 1.91 bits per heavy atom. The van der Waals surface area contributed by atoms with Gasteiger partial charge in [0.05, 0.1) is 16.7 Å². The van der Waals surface area contributed by atoms with Gasteiger partial charge in [-0.2, -0.15) is 0 Å². The number of ether oxygens (including phenoxy) is 1. The van der Waals surface area contributed by atoms with Crippen LogP contribution in [0.3, 0.4) is 0 Å². The summed E-state index contributed by atoms with van der Waals surface area (Å²) >= 11 is 12.1. The molecule has 0 bridgehead atoms. The van der Waals surface area contributed by atoms with Gasteiger partial charge in [-0.15, -0.1) is 0 Å². The number of halogens is 2. The highest BCUT2D eigenvalue weighted by Gasteiger charge is 2.10. The molecule has 1 aromatic carbocycles. The Bertz CT molecular complexity index is 562. The molecule has 0 fully saturated rings. The summed E-state index contributed by atoms with van der Waals surface area (Å²) in [5.41, 5.74) is 0. The lowest BCUT2D eigenvalue weighted by atomic mass is 9.92. The molecule has 1 rings (SSSR count). The van der Waals surface area contributed by atoms with Gasteiger partial charge in [-0.1, -0.05) is 121 Å². The van der Waals surface area contributed by atoms with Crippen molar-refractivity contribution in [3.63, 3.8) is 0 Å². The summed E-state index contributed by atoms with van der Waals surface area (Å²) in [7, 11) is 0. The number of hydrogen-bond donors (Lipinski definition) is 0. The highest BCUT2D eigenvalue weighted by atomic mass is 35.5. The van der Waals surface area contributed by atoms with Crippen LogP contribution in [0.2, 0.25) is 10.0 Å². The van der Waals surface area contributed by atoms with Crippen molar-refractivity contribution < 1.29 is 4.74 Å². The number of rotatable bonds is 21. The van der Waals surface area contributed by atoms with Crippen molar-refractivity contribution in [2.24, 2.45) is 5.92 Å². The second kappa shape index (κ2) is 20.0. The van der Waals surface area contributed by atoms with E-state index in [4.69, 9.17) is 27.9 Å². The van der Waals surface area contributed by atoms with E-state index in [1.807, 2.05) is 18.2 Å². The van der Waals surface area contributed by atoms with Crippen LogP contribution >= 0.6 is 23.2 Å². The molecule has 1 atom stereocenters. The highest BCUT2D eigenvalue weighted by molar-refractivity contribution is 6.42. The van der Waals surface area contributed by atoms with Crippen molar-refractivity contribution in [2.75, 3.05) is 26.2 Å². The van der Waals surface area contributed by atoms with Crippen molar-refractivity contribution in [3.05, 3.63) is 28.2 Å². The first-order chi connectivity index (χ1) is 15.6. The Morgan fingerprint density at radius 1 is 0.719 bits per heavy atom. The van der Waals surface area contributed by atoms with Crippen LogP contribution in [0.1, 0.15) is 111 Å². The van der Waals surface area contributed by atoms with E-state index < -0.39 is 0 Å². The molecular weight excluding hydrogens is 437 g/mol. The van der Waals surface area contributed by atoms with Crippen LogP contribution in [0.25, 0.3) is 0 Å². The maximum atomic E-state index is 6.12. The number of unbranched alkanes of at least 4 members (excludes halogenated alkanes) is 9. The molecule has 2 nitrogen and oxygen atoms in total. The monoisotopic (exact) mass is 485 g/mol. The van der Waals surface area contributed by atoms with Crippen LogP contribution < -0.4 is 4.74 Å². The summed E-state index contributed by atoms with van der Waals surface area (Å²) in [6, 6.07) is 5.55. The van der Waals surface area contributed by atoms with Crippen LogP contribution in [0.15, 0.2) is 18.2 Å². The van der Waals surface area contributed by atoms with Gasteiger partial charge < -0.3 is 9.64 Å². The molecule has 0 aliphatic carbocycles. The summed E-state index contributed by atoms with van der Waals surface area (Å²) in [4.78, 5) is 2.53. The zero-order chi connectivity index (χ0) is 23.4. The summed E-state index contributed by atoms with van der Waals surface area (Å²) in [5, 5.41) is 1.14. The molecule has 32 heavy (non-hydrogen) atoms. The fraction of sp³-hybridized carbons (Fsp3) is 0.786. The van der Waals surface area contributed by atoms with Crippen molar-refractivity contribution in [1.29, 1.82) is 0 Å². The Balaban J connectivity index is 2.31. The number of nitrogens with zero attached hydrogens (tertiary/aromatic N) is 1. The Labute approximate surface area is 209 Å². The Kier molecular flexibility index (Phi) is 18.5. The van der Waals surface area contributed by atoms with Gasteiger partial charge in [0.1, 0.15) is 5.75 Å². The maximum absolute atomic E-state index is 6.12. The molecule has 0 N–H and O–H groups in total. The van der Waals surface area contributed by atoms with Crippen molar-refractivity contribution in [1.82, 2.24) is 4.90 Å². The minimum Gasteiger partial charge on any atom is -0.494 e. The Morgan fingerprint density at radius 2 is 1.31 bits per heavy atom. The summed E-state index contributed by atoms with van der Waals surface area (Å²) in [6.07, 6.45) is 19.0. The van der Waals surface area contributed by atoms with Crippen molar-refractivity contribution in [2.45, 2.75) is 111 Å². The summed E-state index contributed by atoms with van der Waals surface area (Å²) < 4.78 is 5.99. The topological polar surface area (TPSA) is 12.5 Å². The van der Waals surface area contributed by atoms with Crippen LogP contribution in [-0.2, 0) is 0 Å². The molecule has 186 valence electrons. The first kappa shape index (κ1) is 29.6. The van der Waals surface area contributed by atoms with E-state index in [1.54, 1.807) is 0 Å². The SMILES string of the molecule is CCCCCCCCCCCC(CCCCN(CC)CC)CCOc1ccc(Cl)c(Cl)c1. The molecule has 0 radical (unpaired) electrons. The minimum absolute atomic E-state index is 0.562. The first-order valence-corrected chi connectivity index (χ1v) is 14.2. The van der Waals surface area contributed by atoms with E-state index in [0.29, 0.717) is 10.0 Å². The van der Waals surface area contributed by atoms with E-state index in [9.17, 15) is 0 Å². The van der Waals surface area contributed by atoms with Crippen LogP contribution in [-0.4, -0.2) is 31.1 Å². The third-order valence-corrected chi connectivity index (χ3v) is 7.37.